The fraction of sp³-hybridized carbons (Fsp3) is 0.222. The van der Waals surface area contributed by atoms with Crippen molar-refractivity contribution in [3.63, 3.8) is 0 Å². The zero-order chi connectivity index (χ0) is 8.39. The van der Waals surface area contributed by atoms with Crippen LogP contribution in [0.3, 0.4) is 0 Å². The number of hydrogen-bond donors (Lipinski definition) is 1. The minimum absolute atomic E-state index is 0.825. The molecule has 0 amide bonds. The number of nitrogens with zero attached hydrogens (tertiary/aromatic N) is 2. The molecule has 0 aliphatic rings. The summed E-state index contributed by atoms with van der Waals surface area (Å²) >= 11 is 4.17. The van der Waals surface area contributed by atoms with Crippen molar-refractivity contribution in [1.29, 1.82) is 0 Å². The molecule has 62 valence electrons. The lowest BCUT2D eigenvalue weighted by atomic mass is 10.3. The fourth-order valence-electron chi connectivity index (χ4n) is 1.30. The Kier molecular flexibility index (Phi) is 2.04. The number of thiol groups is 1. The third-order valence-electron chi connectivity index (χ3n) is 1.86. The van der Waals surface area contributed by atoms with Crippen molar-refractivity contribution in [3.05, 3.63) is 30.5 Å². The van der Waals surface area contributed by atoms with Gasteiger partial charge in [-0.15, -0.1) is 0 Å². The first kappa shape index (κ1) is 7.68. The first-order valence-electron chi connectivity index (χ1n) is 3.93. The van der Waals surface area contributed by atoms with Crippen molar-refractivity contribution >= 4 is 23.5 Å². The number of hydrogen-bond acceptors (Lipinski definition) is 2. The smallest absolute Gasteiger partial charge is 0.0682 e. The summed E-state index contributed by atoms with van der Waals surface area (Å²) in [5.41, 5.74) is 1.19. The Morgan fingerprint density at radius 2 is 2.17 bits per heavy atom. The third kappa shape index (κ3) is 1.20. The van der Waals surface area contributed by atoms with Crippen LogP contribution in [0.1, 0.15) is 0 Å². The van der Waals surface area contributed by atoms with Crippen molar-refractivity contribution in [3.8, 4) is 0 Å². The van der Waals surface area contributed by atoms with Gasteiger partial charge in [0.25, 0.3) is 0 Å². The summed E-state index contributed by atoms with van der Waals surface area (Å²) in [6, 6.07) is 8.19. The summed E-state index contributed by atoms with van der Waals surface area (Å²) in [7, 11) is 0. The second kappa shape index (κ2) is 3.19. The Balaban J connectivity index is 2.55. The van der Waals surface area contributed by atoms with Crippen LogP contribution in [0.4, 0.5) is 0 Å². The molecule has 2 aromatic rings. The van der Waals surface area contributed by atoms with Gasteiger partial charge in [-0.05, 0) is 6.07 Å². The van der Waals surface area contributed by atoms with Crippen LogP contribution in [-0.4, -0.2) is 15.5 Å². The molecule has 0 radical (unpaired) electrons. The van der Waals surface area contributed by atoms with Gasteiger partial charge in [0.2, 0.25) is 0 Å². The Morgan fingerprint density at radius 1 is 1.33 bits per heavy atom. The maximum absolute atomic E-state index is 4.25. The summed E-state index contributed by atoms with van der Waals surface area (Å²) in [4.78, 5) is 0. The summed E-state index contributed by atoms with van der Waals surface area (Å²) in [6.45, 7) is 0.872. The molecular weight excluding hydrogens is 168 g/mol. The summed E-state index contributed by atoms with van der Waals surface area (Å²) < 4.78 is 1.97. The lowest BCUT2D eigenvalue weighted by Gasteiger charge is -1.98. The van der Waals surface area contributed by atoms with E-state index in [0.29, 0.717) is 0 Å². The lowest BCUT2D eigenvalue weighted by Crippen LogP contribution is -1.99. The van der Waals surface area contributed by atoms with E-state index >= 15 is 0 Å². The van der Waals surface area contributed by atoms with Gasteiger partial charge in [-0.3, -0.25) is 4.68 Å². The van der Waals surface area contributed by atoms with Crippen LogP contribution in [-0.2, 0) is 6.54 Å². The normalized spacial score (nSPS) is 10.8. The zero-order valence-corrected chi connectivity index (χ0v) is 7.54. The van der Waals surface area contributed by atoms with E-state index in [4.69, 9.17) is 0 Å². The summed E-state index contributed by atoms with van der Waals surface area (Å²) in [6.07, 6.45) is 1.89. The van der Waals surface area contributed by atoms with Crippen molar-refractivity contribution < 1.29 is 0 Å². The number of aryl methyl sites for hydroxylation is 1. The van der Waals surface area contributed by atoms with Gasteiger partial charge in [-0.25, -0.2) is 0 Å². The van der Waals surface area contributed by atoms with E-state index < -0.39 is 0 Å². The number of fused-ring (bicyclic) bond motifs is 1. The molecule has 0 N–H and O–H groups in total. The second-order valence-electron chi connectivity index (χ2n) is 2.65. The highest BCUT2D eigenvalue weighted by Gasteiger charge is 1.98. The molecule has 1 aromatic heterocycles. The van der Waals surface area contributed by atoms with Gasteiger partial charge in [-0.1, -0.05) is 18.2 Å². The van der Waals surface area contributed by atoms with Gasteiger partial charge < -0.3 is 0 Å². The van der Waals surface area contributed by atoms with Crippen LogP contribution < -0.4 is 0 Å². The molecule has 1 heterocycles. The fourth-order valence-corrected chi connectivity index (χ4v) is 1.49. The van der Waals surface area contributed by atoms with E-state index in [1.165, 1.54) is 10.9 Å². The van der Waals surface area contributed by atoms with E-state index in [2.05, 4.69) is 29.9 Å². The monoisotopic (exact) mass is 178 g/mol. The highest BCUT2D eigenvalue weighted by Crippen LogP contribution is 2.12. The highest BCUT2D eigenvalue weighted by atomic mass is 32.1. The van der Waals surface area contributed by atoms with E-state index in [1.54, 1.807) is 0 Å². The van der Waals surface area contributed by atoms with Gasteiger partial charge in [0, 0.05) is 11.1 Å². The minimum atomic E-state index is 0.825. The van der Waals surface area contributed by atoms with Gasteiger partial charge in [0.1, 0.15) is 0 Å². The molecule has 1 aromatic carbocycles. The highest BCUT2D eigenvalue weighted by molar-refractivity contribution is 7.80. The molecule has 12 heavy (non-hydrogen) atoms. The Labute approximate surface area is 76.6 Å². The molecular formula is C9H10N2S. The van der Waals surface area contributed by atoms with Crippen LogP contribution in [0.25, 0.3) is 10.9 Å². The predicted octanol–water partition coefficient (Wildman–Crippen LogP) is 1.97. The van der Waals surface area contributed by atoms with Gasteiger partial charge >= 0.3 is 0 Å². The molecule has 0 saturated heterocycles. The maximum atomic E-state index is 4.25. The number of para-hydroxylation sites is 1. The summed E-state index contributed by atoms with van der Waals surface area (Å²) in [5.74, 6) is 0.825. The molecule has 3 heteroatoms. The van der Waals surface area contributed by atoms with Crippen LogP contribution in [0.15, 0.2) is 30.5 Å². The molecule has 0 unspecified atom stereocenters. The Morgan fingerprint density at radius 3 is 3.00 bits per heavy atom. The van der Waals surface area contributed by atoms with Crippen LogP contribution in [0.5, 0.6) is 0 Å². The van der Waals surface area contributed by atoms with Crippen LogP contribution in [0, 0.1) is 0 Å². The van der Waals surface area contributed by atoms with E-state index in [1.807, 2.05) is 23.0 Å². The van der Waals surface area contributed by atoms with Crippen molar-refractivity contribution in [1.82, 2.24) is 9.78 Å². The van der Waals surface area contributed by atoms with E-state index in [9.17, 15) is 0 Å². The number of rotatable bonds is 2. The average Bonchev–Trinajstić information content (AvgIpc) is 2.50. The number of aromatic nitrogens is 2. The molecule has 2 nitrogen and oxygen atoms in total. The van der Waals surface area contributed by atoms with Gasteiger partial charge in [0.05, 0.1) is 18.3 Å². The van der Waals surface area contributed by atoms with Gasteiger partial charge in [0.15, 0.2) is 0 Å². The first-order chi connectivity index (χ1) is 5.92. The lowest BCUT2D eigenvalue weighted by molar-refractivity contribution is 0.692. The predicted molar refractivity (Wildman–Crippen MR) is 53.6 cm³/mol. The minimum Gasteiger partial charge on any atom is -0.264 e. The van der Waals surface area contributed by atoms with E-state index in [-0.39, 0.29) is 0 Å². The molecule has 0 saturated carbocycles. The molecule has 0 aliphatic heterocycles. The van der Waals surface area contributed by atoms with Crippen molar-refractivity contribution in [2.45, 2.75) is 6.54 Å². The molecule has 0 aliphatic carbocycles. The molecule has 0 bridgehead atoms. The third-order valence-corrected chi connectivity index (χ3v) is 2.06. The largest absolute Gasteiger partial charge is 0.264 e. The molecule has 2 rings (SSSR count). The standard InChI is InChI=1S/C9H10N2S/c12-6-5-11-9-4-2-1-3-8(9)7-10-11/h1-4,7,12H,5-6H2. The Hall–Kier alpha value is -0.960. The Bertz CT molecular complexity index is 381. The van der Waals surface area contributed by atoms with Gasteiger partial charge in [-0.2, -0.15) is 17.7 Å². The zero-order valence-electron chi connectivity index (χ0n) is 6.64. The quantitative estimate of drug-likeness (QED) is 0.696. The van der Waals surface area contributed by atoms with Crippen LogP contribution >= 0.6 is 12.6 Å². The SMILES string of the molecule is SCCn1ncc2ccccc21. The second-order valence-corrected chi connectivity index (χ2v) is 3.10. The summed E-state index contributed by atoms with van der Waals surface area (Å²) in [5, 5.41) is 5.45. The topological polar surface area (TPSA) is 17.8 Å². The van der Waals surface area contributed by atoms with Crippen molar-refractivity contribution in [2.24, 2.45) is 0 Å². The molecule has 0 spiro atoms. The average molecular weight is 178 g/mol. The van der Waals surface area contributed by atoms with Crippen LogP contribution in [0.2, 0.25) is 0 Å². The maximum Gasteiger partial charge on any atom is 0.0682 e. The van der Waals surface area contributed by atoms with E-state index in [0.717, 1.165) is 12.3 Å². The number of benzene rings is 1. The van der Waals surface area contributed by atoms with Crippen molar-refractivity contribution in [2.75, 3.05) is 5.75 Å². The molecule has 0 atom stereocenters. The molecule has 0 fully saturated rings. The first-order valence-corrected chi connectivity index (χ1v) is 4.56.